The van der Waals surface area contributed by atoms with Crippen molar-refractivity contribution in [2.24, 2.45) is 0 Å². The molecule has 0 aliphatic heterocycles. The molecule has 0 aromatic heterocycles. The van der Waals surface area contributed by atoms with Crippen LogP contribution >= 0.6 is 0 Å². The summed E-state index contributed by atoms with van der Waals surface area (Å²) in [5.74, 6) is 0. The molecule has 0 unspecified atom stereocenters. The molecule has 0 aliphatic rings. The van der Waals surface area contributed by atoms with Gasteiger partial charge in [0.2, 0.25) is 0 Å². The summed E-state index contributed by atoms with van der Waals surface area (Å²) in [6.07, 6.45) is 0. The minimum atomic E-state index is 1.14. The summed E-state index contributed by atoms with van der Waals surface area (Å²) in [6, 6.07) is 68.2. The summed E-state index contributed by atoms with van der Waals surface area (Å²) in [7, 11) is 0. The van der Waals surface area contributed by atoms with E-state index in [9.17, 15) is 0 Å². The highest BCUT2D eigenvalue weighted by Gasteiger charge is 2.16. The van der Waals surface area contributed by atoms with Crippen molar-refractivity contribution in [3.63, 3.8) is 0 Å². The number of hydrogen-bond acceptors (Lipinski definition) is 1. The number of nitrogens with zero attached hydrogens (tertiary/aromatic N) is 1. The number of benzene rings is 9. The van der Waals surface area contributed by atoms with Gasteiger partial charge in [0.25, 0.3) is 0 Å². The Morgan fingerprint density at radius 1 is 0.277 bits per heavy atom. The van der Waals surface area contributed by atoms with Gasteiger partial charge in [-0.2, -0.15) is 0 Å². The van der Waals surface area contributed by atoms with E-state index in [0.29, 0.717) is 0 Å². The molecule has 0 spiro atoms. The van der Waals surface area contributed by atoms with Crippen molar-refractivity contribution in [3.05, 3.63) is 188 Å². The molecule has 0 aliphatic carbocycles. The zero-order valence-corrected chi connectivity index (χ0v) is 25.8. The predicted octanol–water partition coefficient (Wildman–Crippen LogP) is 13.1. The normalized spacial score (nSPS) is 11.4. The Kier molecular flexibility index (Phi) is 6.54. The molecule has 47 heavy (non-hydrogen) atoms. The van der Waals surface area contributed by atoms with E-state index in [1.54, 1.807) is 0 Å². The second-order valence-corrected chi connectivity index (χ2v) is 12.2. The van der Waals surface area contributed by atoms with Crippen LogP contribution in [0.5, 0.6) is 0 Å². The van der Waals surface area contributed by atoms with Gasteiger partial charge in [-0.05, 0) is 120 Å². The van der Waals surface area contributed by atoms with Crippen LogP contribution in [-0.4, -0.2) is 0 Å². The van der Waals surface area contributed by atoms with Gasteiger partial charge < -0.3 is 4.90 Å². The molecule has 9 aromatic carbocycles. The van der Waals surface area contributed by atoms with E-state index in [-0.39, 0.29) is 0 Å². The second-order valence-electron chi connectivity index (χ2n) is 12.2. The van der Waals surface area contributed by atoms with Crippen molar-refractivity contribution in [2.45, 2.75) is 0 Å². The smallest absolute Gasteiger partial charge is 0.0468 e. The first-order valence-electron chi connectivity index (χ1n) is 16.2. The van der Waals surface area contributed by atoms with Crippen LogP contribution in [0.4, 0.5) is 17.1 Å². The topological polar surface area (TPSA) is 3.24 Å². The third-order valence-corrected chi connectivity index (χ3v) is 9.37. The average molecular weight is 598 g/mol. The van der Waals surface area contributed by atoms with Crippen LogP contribution in [0.25, 0.3) is 65.3 Å². The van der Waals surface area contributed by atoms with E-state index in [4.69, 9.17) is 0 Å². The quantitative estimate of drug-likeness (QED) is 0.178. The van der Waals surface area contributed by atoms with Crippen LogP contribution in [0.1, 0.15) is 0 Å². The van der Waals surface area contributed by atoms with E-state index in [1.807, 2.05) is 0 Å². The van der Waals surface area contributed by atoms with Crippen molar-refractivity contribution in [1.29, 1.82) is 0 Å². The third kappa shape index (κ3) is 4.72. The molecule has 0 radical (unpaired) electrons. The van der Waals surface area contributed by atoms with Gasteiger partial charge in [0.1, 0.15) is 0 Å². The van der Waals surface area contributed by atoms with Crippen molar-refractivity contribution in [3.8, 4) is 22.3 Å². The molecule has 0 saturated heterocycles. The molecular formula is C46H31N. The number of hydrogen-bond donors (Lipinski definition) is 0. The lowest BCUT2D eigenvalue weighted by Gasteiger charge is -2.25. The van der Waals surface area contributed by atoms with Gasteiger partial charge >= 0.3 is 0 Å². The number of anilines is 3. The molecule has 0 amide bonds. The first-order chi connectivity index (χ1) is 23.3. The van der Waals surface area contributed by atoms with E-state index in [2.05, 4.69) is 193 Å². The Balaban J connectivity index is 1.22. The summed E-state index contributed by atoms with van der Waals surface area (Å²) in [5, 5.41) is 10.1. The molecule has 1 nitrogen and oxygen atoms in total. The maximum atomic E-state index is 2.40. The second kappa shape index (κ2) is 11.3. The molecule has 1 heteroatoms. The molecule has 0 bridgehead atoms. The standard InChI is InChI=1S/C46H31N/c1-4-14-32(15-5-1)44-30-36-31-45(41-21-11-13-23-43(41)46(36)42-22-12-10-20-40(42)44)35-25-24-34-29-39(27-26-33(34)28-35)47(37-16-6-2-7-17-37)38-18-8-3-9-19-38/h1-31H. The van der Waals surface area contributed by atoms with Crippen molar-refractivity contribution < 1.29 is 0 Å². The monoisotopic (exact) mass is 597 g/mol. The van der Waals surface area contributed by atoms with Gasteiger partial charge in [0.15, 0.2) is 0 Å². The van der Waals surface area contributed by atoms with E-state index in [1.165, 1.54) is 65.3 Å². The van der Waals surface area contributed by atoms with Crippen molar-refractivity contribution >= 4 is 60.2 Å². The van der Waals surface area contributed by atoms with E-state index >= 15 is 0 Å². The number of para-hydroxylation sites is 2. The third-order valence-electron chi connectivity index (χ3n) is 9.37. The Bertz CT molecular complexity index is 2510. The Morgan fingerprint density at radius 2 is 0.745 bits per heavy atom. The number of fused-ring (bicyclic) bond motifs is 6. The summed E-state index contributed by atoms with van der Waals surface area (Å²) in [4.78, 5) is 2.32. The lowest BCUT2D eigenvalue weighted by molar-refractivity contribution is 1.29. The van der Waals surface area contributed by atoms with Crippen molar-refractivity contribution in [1.82, 2.24) is 0 Å². The maximum Gasteiger partial charge on any atom is 0.0468 e. The van der Waals surface area contributed by atoms with Gasteiger partial charge in [-0.25, -0.2) is 0 Å². The average Bonchev–Trinajstić information content (AvgIpc) is 3.15. The molecule has 0 atom stereocenters. The molecule has 0 saturated carbocycles. The minimum Gasteiger partial charge on any atom is -0.310 e. The van der Waals surface area contributed by atoms with Gasteiger partial charge in [-0.15, -0.1) is 0 Å². The highest BCUT2D eigenvalue weighted by Crippen LogP contribution is 2.43. The van der Waals surface area contributed by atoms with Gasteiger partial charge in [0.05, 0.1) is 0 Å². The van der Waals surface area contributed by atoms with Gasteiger partial charge in [-0.3, -0.25) is 0 Å². The summed E-state index contributed by atoms with van der Waals surface area (Å²) < 4.78 is 0. The Hall–Kier alpha value is -6.18. The predicted molar refractivity (Wildman–Crippen MR) is 202 cm³/mol. The van der Waals surface area contributed by atoms with Crippen LogP contribution in [0.15, 0.2) is 188 Å². The first-order valence-corrected chi connectivity index (χ1v) is 16.2. The highest BCUT2D eigenvalue weighted by molar-refractivity contribution is 6.25. The Morgan fingerprint density at radius 3 is 1.34 bits per heavy atom. The first kappa shape index (κ1) is 27.2. The molecule has 0 N–H and O–H groups in total. The lowest BCUT2D eigenvalue weighted by atomic mass is 9.87. The van der Waals surface area contributed by atoms with Crippen LogP contribution in [-0.2, 0) is 0 Å². The summed E-state index contributed by atoms with van der Waals surface area (Å²) in [6.45, 7) is 0. The number of rotatable bonds is 5. The Labute approximate surface area is 274 Å². The van der Waals surface area contributed by atoms with Crippen LogP contribution in [0.2, 0.25) is 0 Å². The van der Waals surface area contributed by atoms with Crippen molar-refractivity contribution in [2.75, 3.05) is 4.90 Å². The fourth-order valence-corrected chi connectivity index (χ4v) is 7.22. The van der Waals surface area contributed by atoms with Gasteiger partial charge in [0, 0.05) is 17.1 Å². The van der Waals surface area contributed by atoms with Crippen LogP contribution in [0, 0.1) is 0 Å². The van der Waals surface area contributed by atoms with Crippen LogP contribution in [0.3, 0.4) is 0 Å². The molecule has 0 heterocycles. The maximum absolute atomic E-state index is 2.40. The zero-order chi connectivity index (χ0) is 31.2. The molecular weight excluding hydrogens is 567 g/mol. The van der Waals surface area contributed by atoms with E-state index in [0.717, 1.165) is 17.1 Å². The zero-order valence-electron chi connectivity index (χ0n) is 25.8. The minimum absolute atomic E-state index is 1.14. The SMILES string of the molecule is c1ccc(-c2cc3cc(-c4ccc5cc(N(c6ccccc6)c6ccccc6)ccc5c4)c4ccccc4c3c3ccccc23)cc1. The van der Waals surface area contributed by atoms with Gasteiger partial charge in [-0.1, -0.05) is 133 Å². The molecule has 0 fully saturated rings. The van der Waals surface area contributed by atoms with E-state index < -0.39 is 0 Å². The highest BCUT2D eigenvalue weighted by atomic mass is 15.1. The van der Waals surface area contributed by atoms with Crippen LogP contribution < -0.4 is 4.90 Å². The summed E-state index contributed by atoms with van der Waals surface area (Å²) in [5.41, 5.74) is 8.40. The molecule has 9 aromatic rings. The summed E-state index contributed by atoms with van der Waals surface area (Å²) >= 11 is 0. The lowest BCUT2D eigenvalue weighted by Crippen LogP contribution is -2.09. The largest absolute Gasteiger partial charge is 0.310 e. The fraction of sp³-hybridized carbons (Fsp3) is 0. The molecule has 220 valence electrons. The fourth-order valence-electron chi connectivity index (χ4n) is 7.22. The molecule has 9 rings (SSSR count).